The maximum absolute atomic E-state index is 5.93. The highest BCUT2D eigenvalue weighted by molar-refractivity contribution is 9.10. The SMILES string of the molecule is Cc1nc(CNCc2cc(Br)c(Cl)s2)no1. The molecule has 2 aromatic heterocycles. The van der Waals surface area contributed by atoms with Crippen LogP contribution in [0.15, 0.2) is 15.1 Å². The fraction of sp³-hybridized carbons (Fsp3) is 0.333. The number of rotatable bonds is 4. The predicted octanol–water partition coefficient (Wildman–Crippen LogP) is 3.15. The van der Waals surface area contributed by atoms with Gasteiger partial charge in [0.2, 0.25) is 5.89 Å². The van der Waals surface area contributed by atoms with Gasteiger partial charge in [-0.3, -0.25) is 0 Å². The topological polar surface area (TPSA) is 51.0 Å². The molecule has 0 aliphatic rings. The number of aromatic nitrogens is 2. The van der Waals surface area contributed by atoms with Crippen molar-refractivity contribution in [2.75, 3.05) is 0 Å². The van der Waals surface area contributed by atoms with E-state index in [1.165, 1.54) is 0 Å². The summed E-state index contributed by atoms with van der Waals surface area (Å²) in [5, 5.41) is 7.01. The van der Waals surface area contributed by atoms with Crippen LogP contribution in [0.5, 0.6) is 0 Å². The second kappa shape index (κ2) is 5.27. The van der Waals surface area contributed by atoms with Gasteiger partial charge in [0, 0.05) is 22.8 Å². The lowest BCUT2D eigenvalue weighted by Gasteiger charge is -1.97. The standard InChI is InChI=1S/C9H9BrClN3OS/c1-5-13-8(14-15-5)4-12-3-6-2-7(10)9(11)16-6/h2,12H,3-4H2,1H3. The Bertz CT molecular complexity index is 465. The van der Waals surface area contributed by atoms with Gasteiger partial charge in [-0.05, 0) is 22.0 Å². The molecule has 0 aliphatic heterocycles. The van der Waals surface area contributed by atoms with Crippen LogP contribution in [-0.4, -0.2) is 10.1 Å². The lowest BCUT2D eigenvalue weighted by molar-refractivity contribution is 0.385. The highest BCUT2D eigenvalue weighted by atomic mass is 79.9. The van der Waals surface area contributed by atoms with Crippen molar-refractivity contribution in [2.45, 2.75) is 20.0 Å². The third-order valence-corrected chi connectivity index (χ3v) is 4.32. The van der Waals surface area contributed by atoms with Crippen LogP contribution in [0.3, 0.4) is 0 Å². The maximum Gasteiger partial charge on any atom is 0.223 e. The van der Waals surface area contributed by atoms with Crippen LogP contribution in [0.2, 0.25) is 4.34 Å². The number of thiophene rings is 1. The first-order chi connectivity index (χ1) is 7.65. The van der Waals surface area contributed by atoms with E-state index in [4.69, 9.17) is 16.1 Å². The van der Waals surface area contributed by atoms with Crippen molar-refractivity contribution in [2.24, 2.45) is 0 Å². The van der Waals surface area contributed by atoms with Gasteiger partial charge in [-0.1, -0.05) is 16.8 Å². The smallest absolute Gasteiger partial charge is 0.223 e. The van der Waals surface area contributed by atoms with Crippen LogP contribution in [0.4, 0.5) is 0 Å². The first kappa shape index (κ1) is 12.0. The molecule has 0 radical (unpaired) electrons. The highest BCUT2D eigenvalue weighted by Gasteiger charge is 2.05. The molecule has 0 bridgehead atoms. The summed E-state index contributed by atoms with van der Waals surface area (Å²) in [5.74, 6) is 1.25. The summed E-state index contributed by atoms with van der Waals surface area (Å²) in [6, 6.07) is 2.00. The molecule has 2 aromatic rings. The zero-order valence-corrected chi connectivity index (χ0v) is 11.6. The molecule has 0 aromatic carbocycles. The van der Waals surface area contributed by atoms with Crippen molar-refractivity contribution in [3.05, 3.63) is 31.5 Å². The molecule has 4 nitrogen and oxygen atoms in total. The van der Waals surface area contributed by atoms with Gasteiger partial charge in [-0.25, -0.2) is 0 Å². The van der Waals surface area contributed by atoms with Crippen molar-refractivity contribution < 1.29 is 4.52 Å². The number of nitrogens with one attached hydrogen (secondary N) is 1. The van der Waals surface area contributed by atoms with Crippen LogP contribution < -0.4 is 5.32 Å². The second-order valence-electron chi connectivity index (χ2n) is 3.17. The average molecular weight is 323 g/mol. The van der Waals surface area contributed by atoms with E-state index in [9.17, 15) is 0 Å². The molecular formula is C9H9BrClN3OS. The molecule has 16 heavy (non-hydrogen) atoms. The molecule has 2 rings (SSSR count). The summed E-state index contributed by atoms with van der Waals surface area (Å²) in [7, 11) is 0. The molecule has 0 unspecified atom stereocenters. The van der Waals surface area contributed by atoms with Gasteiger partial charge in [0.05, 0.1) is 6.54 Å². The van der Waals surface area contributed by atoms with Gasteiger partial charge in [0.15, 0.2) is 5.82 Å². The van der Waals surface area contributed by atoms with E-state index >= 15 is 0 Å². The third-order valence-electron chi connectivity index (χ3n) is 1.85. The van der Waals surface area contributed by atoms with Crippen LogP contribution in [0.1, 0.15) is 16.6 Å². The normalized spacial score (nSPS) is 10.9. The van der Waals surface area contributed by atoms with Crippen LogP contribution >= 0.6 is 38.9 Å². The molecule has 0 saturated carbocycles. The lowest BCUT2D eigenvalue weighted by Crippen LogP contribution is -2.12. The Hall–Kier alpha value is -0.430. The fourth-order valence-corrected chi connectivity index (χ4v) is 2.95. The van der Waals surface area contributed by atoms with Crippen LogP contribution in [0, 0.1) is 6.92 Å². The molecule has 0 atom stereocenters. The van der Waals surface area contributed by atoms with Crippen molar-refractivity contribution >= 4 is 38.9 Å². The first-order valence-electron chi connectivity index (χ1n) is 4.59. The minimum absolute atomic E-state index is 0.582. The van der Waals surface area contributed by atoms with Gasteiger partial charge in [-0.15, -0.1) is 11.3 Å². The summed E-state index contributed by atoms with van der Waals surface area (Å²) in [6.45, 7) is 3.10. The van der Waals surface area contributed by atoms with E-state index in [2.05, 4.69) is 31.4 Å². The fourth-order valence-electron chi connectivity index (χ4n) is 1.19. The summed E-state index contributed by atoms with van der Waals surface area (Å²) in [6.07, 6.45) is 0. The van der Waals surface area contributed by atoms with Crippen molar-refractivity contribution in [1.82, 2.24) is 15.5 Å². The molecule has 86 valence electrons. The molecule has 0 fully saturated rings. The van der Waals surface area contributed by atoms with Gasteiger partial charge in [0.25, 0.3) is 0 Å². The Morgan fingerprint density at radius 3 is 2.94 bits per heavy atom. The monoisotopic (exact) mass is 321 g/mol. The number of hydrogen-bond donors (Lipinski definition) is 1. The Labute approximate surface area is 110 Å². The summed E-state index contributed by atoms with van der Waals surface area (Å²) < 4.78 is 6.57. The molecule has 2 heterocycles. The molecule has 1 N–H and O–H groups in total. The predicted molar refractivity (Wildman–Crippen MR) is 66.6 cm³/mol. The summed E-state index contributed by atoms with van der Waals surface area (Å²) in [4.78, 5) is 5.26. The number of hydrogen-bond acceptors (Lipinski definition) is 5. The van der Waals surface area contributed by atoms with Crippen molar-refractivity contribution in [1.29, 1.82) is 0 Å². The zero-order chi connectivity index (χ0) is 11.5. The van der Waals surface area contributed by atoms with Gasteiger partial charge >= 0.3 is 0 Å². The Morgan fingerprint density at radius 1 is 1.56 bits per heavy atom. The minimum atomic E-state index is 0.582. The van der Waals surface area contributed by atoms with E-state index in [0.717, 1.165) is 20.2 Å². The molecule has 0 spiro atoms. The van der Waals surface area contributed by atoms with Crippen LogP contribution in [-0.2, 0) is 13.1 Å². The van der Waals surface area contributed by atoms with E-state index in [-0.39, 0.29) is 0 Å². The third kappa shape index (κ3) is 3.04. The van der Waals surface area contributed by atoms with E-state index < -0.39 is 0 Å². The van der Waals surface area contributed by atoms with Crippen molar-refractivity contribution in [3.63, 3.8) is 0 Å². The van der Waals surface area contributed by atoms with E-state index in [1.807, 2.05) is 6.07 Å². The number of halogens is 2. The highest BCUT2D eigenvalue weighted by Crippen LogP contribution is 2.31. The quantitative estimate of drug-likeness (QED) is 0.939. The maximum atomic E-state index is 5.93. The van der Waals surface area contributed by atoms with Gasteiger partial charge in [-0.2, -0.15) is 4.98 Å². The van der Waals surface area contributed by atoms with Gasteiger partial charge in [0.1, 0.15) is 4.34 Å². The number of aryl methyl sites for hydroxylation is 1. The lowest BCUT2D eigenvalue weighted by atomic mass is 10.4. The summed E-state index contributed by atoms with van der Waals surface area (Å²) in [5.41, 5.74) is 0. The zero-order valence-electron chi connectivity index (χ0n) is 8.46. The number of nitrogens with zero attached hydrogens (tertiary/aromatic N) is 2. The molecule has 0 aliphatic carbocycles. The first-order valence-corrected chi connectivity index (χ1v) is 6.57. The van der Waals surface area contributed by atoms with Gasteiger partial charge < -0.3 is 9.84 Å². The van der Waals surface area contributed by atoms with Crippen molar-refractivity contribution in [3.8, 4) is 0 Å². The Morgan fingerprint density at radius 2 is 2.38 bits per heavy atom. The largest absolute Gasteiger partial charge is 0.340 e. The second-order valence-corrected chi connectivity index (χ2v) is 5.76. The van der Waals surface area contributed by atoms with Crippen LogP contribution in [0.25, 0.3) is 0 Å². The molecule has 0 saturated heterocycles. The Kier molecular flexibility index (Phi) is 3.96. The Balaban J connectivity index is 1.84. The molecule has 0 amide bonds. The minimum Gasteiger partial charge on any atom is -0.340 e. The summed E-state index contributed by atoms with van der Waals surface area (Å²) >= 11 is 10.8. The molecular weight excluding hydrogens is 314 g/mol. The van der Waals surface area contributed by atoms with E-state index in [0.29, 0.717) is 18.3 Å². The average Bonchev–Trinajstić information content (AvgIpc) is 2.75. The van der Waals surface area contributed by atoms with E-state index in [1.54, 1.807) is 18.3 Å². The molecule has 7 heteroatoms.